The summed E-state index contributed by atoms with van der Waals surface area (Å²) in [5, 5.41) is 0. The fourth-order valence-corrected chi connectivity index (χ4v) is 1.51. The van der Waals surface area contributed by atoms with Crippen molar-refractivity contribution < 1.29 is 0 Å². The van der Waals surface area contributed by atoms with Gasteiger partial charge < -0.3 is 4.57 Å². The van der Waals surface area contributed by atoms with Gasteiger partial charge in [0.15, 0.2) is 0 Å². The summed E-state index contributed by atoms with van der Waals surface area (Å²) in [5.74, 6) is 1.08. The van der Waals surface area contributed by atoms with E-state index in [9.17, 15) is 0 Å². The van der Waals surface area contributed by atoms with Gasteiger partial charge in [0.1, 0.15) is 5.82 Å². The number of aromatic nitrogens is 2. The van der Waals surface area contributed by atoms with Gasteiger partial charge in [0, 0.05) is 30.8 Å². The summed E-state index contributed by atoms with van der Waals surface area (Å²) in [6, 6.07) is 8.16. The molecule has 4 heteroatoms. The predicted molar refractivity (Wildman–Crippen MR) is 66.9 cm³/mol. The van der Waals surface area contributed by atoms with Crippen LogP contribution in [0.3, 0.4) is 0 Å². The zero-order valence-corrected chi connectivity index (χ0v) is 8.91. The minimum absolute atomic E-state index is 0. The molecule has 0 aliphatic heterocycles. The van der Waals surface area contributed by atoms with Crippen LogP contribution in [0.4, 0.5) is 0 Å². The van der Waals surface area contributed by atoms with Crippen LogP contribution in [-0.2, 0) is 13.5 Å². The van der Waals surface area contributed by atoms with E-state index in [-0.39, 0.29) is 51.4 Å². The van der Waals surface area contributed by atoms with Crippen molar-refractivity contribution in [2.45, 2.75) is 11.3 Å². The summed E-state index contributed by atoms with van der Waals surface area (Å²) in [7, 11) is 2.01. The van der Waals surface area contributed by atoms with Gasteiger partial charge in [-0.15, -0.1) is 12.6 Å². The Kier molecular flexibility index (Phi) is 5.60. The summed E-state index contributed by atoms with van der Waals surface area (Å²) < 4.78 is 2.04. The maximum atomic E-state index is 4.28. The van der Waals surface area contributed by atoms with Crippen molar-refractivity contribution in [2.75, 3.05) is 0 Å². The van der Waals surface area contributed by atoms with Gasteiger partial charge in [-0.25, -0.2) is 4.98 Å². The van der Waals surface area contributed by atoms with Gasteiger partial charge in [0.05, 0.1) is 0 Å². The summed E-state index contributed by atoms with van der Waals surface area (Å²) >= 11 is 4.25. The molecule has 0 radical (unpaired) electrons. The fraction of sp³-hybridized carbons (Fsp3) is 0.182. The first kappa shape index (κ1) is 13.5. The van der Waals surface area contributed by atoms with Crippen LogP contribution in [0.5, 0.6) is 0 Å². The molecule has 2 nitrogen and oxygen atoms in total. The predicted octanol–water partition coefficient (Wildman–Crippen LogP) is 1.65. The van der Waals surface area contributed by atoms with Crippen molar-refractivity contribution in [3.05, 3.63) is 48.0 Å². The van der Waals surface area contributed by atoms with E-state index in [0.717, 1.165) is 17.1 Å². The molecule has 0 saturated carbocycles. The topological polar surface area (TPSA) is 17.8 Å². The second-order valence-corrected chi connectivity index (χ2v) is 3.81. The molecule has 0 bridgehead atoms. The molecule has 1 heterocycles. The van der Waals surface area contributed by atoms with E-state index in [1.807, 2.05) is 36.1 Å². The average molecular weight is 244 g/mol. The Morgan fingerprint density at radius 1 is 1.27 bits per heavy atom. The number of rotatable bonds is 2. The molecule has 0 aliphatic carbocycles. The summed E-state index contributed by atoms with van der Waals surface area (Å²) in [6.45, 7) is 0. The number of hydrogen-bond donors (Lipinski definition) is 1. The van der Waals surface area contributed by atoms with Crippen molar-refractivity contribution in [3.8, 4) is 0 Å². The van der Waals surface area contributed by atoms with Crippen LogP contribution in [0.2, 0.25) is 0 Å². The standard InChI is InChI=1S/C11H12N2S.K.H/c1-13-7-6-12-11(13)8-9-2-4-10(14)5-3-9;;/h2-7,14H,8H2,1H3;;. The fourth-order valence-electron chi connectivity index (χ4n) is 1.36. The molecule has 0 aliphatic rings. The minimum atomic E-state index is 0. The normalized spacial score (nSPS) is 9.73. The van der Waals surface area contributed by atoms with Crippen molar-refractivity contribution in [1.29, 1.82) is 0 Å². The Morgan fingerprint density at radius 3 is 2.47 bits per heavy atom. The zero-order valence-electron chi connectivity index (χ0n) is 8.01. The summed E-state index contributed by atoms with van der Waals surface area (Å²) in [6.07, 6.45) is 4.65. The Balaban J connectivity index is 0.00000112. The van der Waals surface area contributed by atoms with E-state index in [4.69, 9.17) is 0 Å². The Hall–Kier alpha value is 0.416. The van der Waals surface area contributed by atoms with Crippen LogP contribution in [-0.4, -0.2) is 60.9 Å². The van der Waals surface area contributed by atoms with Crippen LogP contribution in [0.15, 0.2) is 41.6 Å². The van der Waals surface area contributed by atoms with Crippen LogP contribution >= 0.6 is 12.6 Å². The van der Waals surface area contributed by atoms with E-state index in [1.54, 1.807) is 0 Å². The van der Waals surface area contributed by atoms with E-state index in [0.29, 0.717) is 0 Å². The molecular weight excluding hydrogens is 231 g/mol. The van der Waals surface area contributed by atoms with Crippen molar-refractivity contribution in [2.24, 2.45) is 7.05 Å². The number of nitrogens with zero attached hydrogens (tertiary/aromatic N) is 2. The van der Waals surface area contributed by atoms with Gasteiger partial charge in [-0.05, 0) is 17.7 Å². The second-order valence-electron chi connectivity index (χ2n) is 3.30. The van der Waals surface area contributed by atoms with Crippen LogP contribution < -0.4 is 0 Å². The molecular formula is C11H13KN2S. The van der Waals surface area contributed by atoms with E-state index >= 15 is 0 Å². The molecule has 2 aromatic rings. The summed E-state index contributed by atoms with van der Waals surface area (Å²) in [4.78, 5) is 5.27. The number of benzene rings is 1. The summed E-state index contributed by atoms with van der Waals surface area (Å²) in [5.41, 5.74) is 1.26. The number of imidazole rings is 1. The first-order valence-electron chi connectivity index (χ1n) is 4.50. The first-order chi connectivity index (χ1) is 6.75. The van der Waals surface area contributed by atoms with Crippen LogP contribution in [0.25, 0.3) is 0 Å². The molecule has 1 aromatic carbocycles. The molecule has 0 fully saturated rings. The molecule has 0 spiro atoms. The van der Waals surface area contributed by atoms with Gasteiger partial charge in [-0.2, -0.15) is 0 Å². The Morgan fingerprint density at radius 2 is 1.93 bits per heavy atom. The van der Waals surface area contributed by atoms with Crippen molar-refractivity contribution in [3.63, 3.8) is 0 Å². The van der Waals surface area contributed by atoms with E-state index in [1.165, 1.54) is 5.56 Å². The first-order valence-corrected chi connectivity index (χ1v) is 4.94. The van der Waals surface area contributed by atoms with Gasteiger partial charge >= 0.3 is 51.4 Å². The van der Waals surface area contributed by atoms with Crippen molar-refractivity contribution in [1.82, 2.24) is 9.55 Å². The average Bonchev–Trinajstić information content (AvgIpc) is 2.56. The Labute approximate surface area is 138 Å². The number of aryl methyl sites for hydroxylation is 1. The monoisotopic (exact) mass is 244 g/mol. The van der Waals surface area contributed by atoms with E-state index < -0.39 is 0 Å². The van der Waals surface area contributed by atoms with Gasteiger partial charge in [0.2, 0.25) is 0 Å². The molecule has 0 saturated heterocycles. The van der Waals surface area contributed by atoms with Crippen molar-refractivity contribution >= 4 is 64.0 Å². The molecule has 0 unspecified atom stereocenters. The molecule has 74 valence electrons. The third kappa shape index (κ3) is 3.73. The number of hydrogen-bond acceptors (Lipinski definition) is 2. The van der Waals surface area contributed by atoms with Crippen LogP contribution in [0, 0.1) is 0 Å². The SMILES string of the molecule is Cn1ccnc1Cc1ccc(S)cc1.[KH]. The third-order valence-corrected chi connectivity index (χ3v) is 2.52. The third-order valence-electron chi connectivity index (χ3n) is 2.22. The number of thiol groups is 1. The van der Waals surface area contributed by atoms with E-state index in [2.05, 4.69) is 29.7 Å². The molecule has 0 atom stereocenters. The second kappa shape index (κ2) is 6.23. The van der Waals surface area contributed by atoms with Crippen LogP contribution in [0.1, 0.15) is 11.4 Å². The molecule has 0 N–H and O–H groups in total. The zero-order chi connectivity index (χ0) is 9.97. The quantitative estimate of drug-likeness (QED) is 0.628. The molecule has 1 aromatic heterocycles. The van der Waals surface area contributed by atoms with Gasteiger partial charge in [-0.1, -0.05) is 12.1 Å². The van der Waals surface area contributed by atoms with Gasteiger partial charge in [0.25, 0.3) is 0 Å². The van der Waals surface area contributed by atoms with Gasteiger partial charge in [-0.3, -0.25) is 0 Å². The molecule has 0 amide bonds. The Bertz CT molecular complexity index is 422. The maximum absolute atomic E-state index is 4.28. The molecule has 15 heavy (non-hydrogen) atoms. The molecule has 2 rings (SSSR count).